The number of halogens is 2. The van der Waals surface area contributed by atoms with Crippen LogP contribution in [0.4, 0.5) is 0 Å². The van der Waals surface area contributed by atoms with E-state index < -0.39 is 0 Å². The summed E-state index contributed by atoms with van der Waals surface area (Å²) in [5, 5.41) is 1.85. The van der Waals surface area contributed by atoms with E-state index in [0.29, 0.717) is 15.2 Å². The molecular weight excluding hydrogens is 327 g/mol. The molecule has 0 atom stereocenters. The van der Waals surface area contributed by atoms with Crippen LogP contribution in [0, 0.1) is 0 Å². The van der Waals surface area contributed by atoms with E-state index in [1.807, 2.05) is 18.4 Å². The fourth-order valence-electron chi connectivity index (χ4n) is 1.95. The van der Waals surface area contributed by atoms with Gasteiger partial charge in [-0.3, -0.25) is 0 Å². The average Bonchev–Trinajstić information content (AvgIpc) is 2.96. The molecule has 0 aliphatic carbocycles. The number of H-pyrrole nitrogens is 1. The summed E-state index contributed by atoms with van der Waals surface area (Å²) in [6.45, 7) is 0. The Bertz CT molecular complexity index is 788. The van der Waals surface area contributed by atoms with Gasteiger partial charge in [0.25, 0.3) is 0 Å². The molecule has 0 fully saturated rings. The highest BCUT2D eigenvalue weighted by Crippen LogP contribution is 2.34. The summed E-state index contributed by atoms with van der Waals surface area (Å²) in [5.41, 5.74) is 3.12. The van der Waals surface area contributed by atoms with Crippen LogP contribution in [0.15, 0.2) is 41.9 Å². The Morgan fingerprint density at radius 1 is 1.14 bits per heavy atom. The molecule has 0 bridgehead atoms. The molecular formula is C14H10Cl2N4S. The van der Waals surface area contributed by atoms with E-state index in [9.17, 15) is 0 Å². The highest BCUT2D eigenvalue weighted by atomic mass is 35.5. The number of hydrogen-bond acceptors (Lipinski definition) is 4. The Morgan fingerprint density at radius 3 is 2.76 bits per heavy atom. The fourth-order valence-corrected chi connectivity index (χ4v) is 2.81. The molecule has 0 unspecified atom stereocenters. The number of aromatic nitrogens is 4. The van der Waals surface area contributed by atoms with Crippen molar-refractivity contribution in [3.8, 4) is 22.6 Å². The summed E-state index contributed by atoms with van der Waals surface area (Å²) in [4.78, 5) is 16.1. The number of imidazole rings is 1. The van der Waals surface area contributed by atoms with Crippen LogP contribution < -0.4 is 0 Å². The summed E-state index contributed by atoms with van der Waals surface area (Å²) in [6, 6.07) is 7.17. The second-order valence-electron chi connectivity index (χ2n) is 4.18. The Morgan fingerprint density at radius 2 is 2.00 bits per heavy atom. The molecule has 3 rings (SSSR count). The van der Waals surface area contributed by atoms with Gasteiger partial charge in [-0.25, -0.2) is 15.0 Å². The first-order valence-electron chi connectivity index (χ1n) is 6.05. The van der Waals surface area contributed by atoms with Crippen LogP contribution in [0.5, 0.6) is 0 Å². The Balaban J connectivity index is 2.12. The highest BCUT2D eigenvalue weighted by molar-refractivity contribution is 7.98. The van der Waals surface area contributed by atoms with Crippen molar-refractivity contribution < 1.29 is 0 Å². The maximum Gasteiger partial charge on any atom is 0.187 e. The van der Waals surface area contributed by atoms with Crippen LogP contribution in [-0.2, 0) is 0 Å². The minimum atomic E-state index is 0.551. The average molecular weight is 337 g/mol. The Hall–Kier alpha value is -1.56. The summed E-state index contributed by atoms with van der Waals surface area (Å²) >= 11 is 13.7. The highest BCUT2D eigenvalue weighted by Gasteiger charge is 2.15. The van der Waals surface area contributed by atoms with Gasteiger partial charge in [0.1, 0.15) is 0 Å². The number of aromatic amines is 1. The van der Waals surface area contributed by atoms with Crippen molar-refractivity contribution in [3.63, 3.8) is 0 Å². The number of thioether (sulfide) groups is 1. The maximum absolute atomic E-state index is 6.26. The van der Waals surface area contributed by atoms with Gasteiger partial charge in [0, 0.05) is 16.8 Å². The Labute approximate surface area is 136 Å². The standard InChI is InChI=1S/C14H10Cl2N4S/c1-21-14-17-5-4-11(20-14)13-12(18-7-19-13)9-3-2-8(15)6-10(9)16/h2-7H,1H3,(H,18,19). The van der Waals surface area contributed by atoms with Crippen LogP contribution in [0.2, 0.25) is 10.0 Å². The topological polar surface area (TPSA) is 54.5 Å². The molecule has 0 amide bonds. The monoisotopic (exact) mass is 336 g/mol. The second-order valence-corrected chi connectivity index (χ2v) is 5.80. The van der Waals surface area contributed by atoms with Crippen molar-refractivity contribution in [1.29, 1.82) is 0 Å². The first-order chi connectivity index (χ1) is 10.2. The summed E-state index contributed by atoms with van der Waals surface area (Å²) in [7, 11) is 0. The molecule has 1 aromatic carbocycles. The lowest BCUT2D eigenvalue weighted by Crippen LogP contribution is -1.91. The normalized spacial score (nSPS) is 10.8. The zero-order valence-electron chi connectivity index (χ0n) is 11.0. The summed E-state index contributed by atoms with van der Waals surface area (Å²) in [6.07, 6.45) is 5.28. The fraction of sp³-hybridized carbons (Fsp3) is 0.0714. The van der Waals surface area contributed by atoms with Crippen LogP contribution in [0.3, 0.4) is 0 Å². The zero-order valence-corrected chi connectivity index (χ0v) is 13.3. The van der Waals surface area contributed by atoms with Gasteiger partial charge in [-0.1, -0.05) is 35.0 Å². The first kappa shape index (κ1) is 14.4. The third kappa shape index (κ3) is 2.90. The first-order valence-corrected chi connectivity index (χ1v) is 8.03. The van der Waals surface area contributed by atoms with Crippen molar-refractivity contribution in [1.82, 2.24) is 19.9 Å². The van der Waals surface area contributed by atoms with Gasteiger partial charge < -0.3 is 4.98 Å². The zero-order chi connectivity index (χ0) is 14.8. The van der Waals surface area contributed by atoms with E-state index in [4.69, 9.17) is 23.2 Å². The molecule has 21 heavy (non-hydrogen) atoms. The Kier molecular flexibility index (Phi) is 4.14. The van der Waals surface area contributed by atoms with Crippen molar-refractivity contribution in [2.75, 3.05) is 6.26 Å². The quantitative estimate of drug-likeness (QED) is 0.562. The SMILES string of the molecule is CSc1nccc(-c2[nH]cnc2-c2ccc(Cl)cc2Cl)n1. The molecule has 106 valence electrons. The largest absolute Gasteiger partial charge is 0.343 e. The molecule has 0 aliphatic rings. The van der Waals surface area contributed by atoms with E-state index in [1.54, 1.807) is 24.7 Å². The van der Waals surface area contributed by atoms with Crippen molar-refractivity contribution in [2.24, 2.45) is 0 Å². The van der Waals surface area contributed by atoms with Gasteiger partial charge >= 0.3 is 0 Å². The smallest absolute Gasteiger partial charge is 0.187 e. The van der Waals surface area contributed by atoms with Crippen molar-refractivity contribution in [3.05, 3.63) is 46.8 Å². The van der Waals surface area contributed by atoms with Crippen molar-refractivity contribution in [2.45, 2.75) is 5.16 Å². The molecule has 3 aromatic rings. The third-order valence-corrected chi connectivity index (χ3v) is 4.01. The van der Waals surface area contributed by atoms with Gasteiger partial charge in [-0.15, -0.1) is 0 Å². The molecule has 1 N–H and O–H groups in total. The van der Waals surface area contributed by atoms with E-state index in [2.05, 4.69) is 19.9 Å². The van der Waals surface area contributed by atoms with Gasteiger partial charge in [-0.2, -0.15) is 0 Å². The van der Waals surface area contributed by atoms with Gasteiger partial charge in [0.15, 0.2) is 5.16 Å². The van der Waals surface area contributed by atoms with Gasteiger partial charge in [-0.05, 0) is 30.5 Å². The van der Waals surface area contributed by atoms with E-state index in [1.165, 1.54) is 11.8 Å². The molecule has 0 radical (unpaired) electrons. The third-order valence-electron chi connectivity index (χ3n) is 2.90. The van der Waals surface area contributed by atoms with Crippen LogP contribution >= 0.6 is 35.0 Å². The number of rotatable bonds is 3. The van der Waals surface area contributed by atoms with Crippen LogP contribution in [0.1, 0.15) is 0 Å². The van der Waals surface area contributed by atoms with E-state index >= 15 is 0 Å². The number of benzene rings is 1. The minimum Gasteiger partial charge on any atom is -0.343 e. The van der Waals surface area contributed by atoms with E-state index in [0.717, 1.165) is 22.6 Å². The molecule has 0 saturated heterocycles. The maximum atomic E-state index is 6.26. The molecule has 2 heterocycles. The number of hydrogen-bond donors (Lipinski definition) is 1. The predicted octanol–water partition coefficient (Wildman–Crippen LogP) is 4.56. The lowest BCUT2D eigenvalue weighted by atomic mass is 10.1. The van der Waals surface area contributed by atoms with Crippen molar-refractivity contribution >= 4 is 35.0 Å². The van der Waals surface area contributed by atoms with Gasteiger partial charge in [0.2, 0.25) is 0 Å². The van der Waals surface area contributed by atoms with E-state index in [-0.39, 0.29) is 0 Å². The lowest BCUT2D eigenvalue weighted by Gasteiger charge is -2.06. The van der Waals surface area contributed by atoms with Crippen LogP contribution in [0.25, 0.3) is 22.6 Å². The van der Waals surface area contributed by atoms with Crippen LogP contribution in [-0.4, -0.2) is 26.2 Å². The number of nitrogens with one attached hydrogen (secondary N) is 1. The molecule has 0 spiro atoms. The molecule has 0 saturated carbocycles. The molecule has 0 aliphatic heterocycles. The predicted molar refractivity (Wildman–Crippen MR) is 86.9 cm³/mol. The second kappa shape index (κ2) is 6.05. The molecule has 7 heteroatoms. The summed E-state index contributed by atoms with van der Waals surface area (Å²) < 4.78 is 0. The molecule has 2 aromatic heterocycles. The number of nitrogens with zero attached hydrogens (tertiary/aromatic N) is 3. The van der Waals surface area contributed by atoms with Gasteiger partial charge in [0.05, 0.1) is 28.4 Å². The minimum absolute atomic E-state index is 0.551. The molecule has 4 nitrogen and oxygen atoms in total. The lowest BCUT2D eigenvalue weighted by molar-refractivity contribution is 0.973. The summed E-state index contributed by atoms with van der Waals surface area (Å²) in [5.74, 6) is 0.